The average molecular weight is 485 g/mol. The van der Waals surface area contributed by atoms with Crippen molar-refractivity contribution in [3.63, 3.8) is 0 Å². The molecule has 1 unspecified atom stereocenters. The normalized spacial score (nSPS) is 16.2. The maximum Gasteiger partial charge on any atom is 0.407 e. The minimum atomic E-state index is -0.638. The predicted molar refractivity (Wildman–Crippen MR) is 126 cm³/mol. The number of ketones is 1. The molecule has 0 saturated carbocycles. The maximum atomic E-state index is 14.6. The summed E-state index contributed by atoms with van der Waals surface area (Å²) in [4.78, 5) is 28.7. The van der Waals surface area contributed by atoms with E-state index in [-0.39, 0.29) is 36.2 Å². The average Bonchev–Trinajstić information content (AvgIpc) is 3.17. The maximum absolute atomic E-state index is 14.6. The molecule has 35 heavy (non-hydrogen) atoms. The van der Waals surface area contributed by atoms with Crippen molar-refractivity contribution >= 4 is 22.8 Å². The van der Waals surface area contributed by atoms with Gasteiger partial charge in [0.15, 0.2) is 6.23 Å². The van der Waals surface area contributed by atoms with Crippen molar-refractivity contribution in [3.8, 4) is 5.75 Å². The Kier molecular flexibility index (Phi) is 7.30. The van der Waals surface area contributed by atoms with Crippen LogP contribution in [0.1, 0.15) is 62.3 Å². The van der Waals surface area contributed by atoms with Gasteiger partial charge in [-0.25, -0.2) is 14.5 Å². The van der Waals surface area contributed by atoms with Gasteiger partial charge in [0.2, 0.25) is 11.7 Å². The minimum Gasteiger partial charge on any atom is -0.490 e. The number of amides is 1. The van der Waals surface area contributed by atoms with Crippen LogP contribution >= 0.6 is 0 Å². The number of aromatic nitrogens is 3. The van der Waals surface area contributed by atoms with Gasteiger partial charge in [-0.2, -0.15) is 4.39 Å². The Hall–Kier alpha value is -3.53. The molecular weight excluding hydrogens is 455 g/mol. The van der Waals surface area contributed by atoms with E-state index in [0.717, 1.165) is 19.3 Å². The highest BCUT2D eigenvalue weighted by molar-refractivity contribution is 6.09. The smallest absolute Gasteiger partial charge is 0.407 e. The van der Waals surface area contributed by atoms with E-state index in [9.17, 15) is 14.0 Å². The molecule has 186 valence electrons. The van der Waals surface area contributed by atoms with E-state index in [1.54, 1.807) is 49.7 Å². The summed E-state index contributed by atoms with van der Waals surface area (Å²) in [6.07, 6.45) is 3.35. The van der Waals surface area contributed by atoms with E-state index in [0.29, 0.717) is 23.4 Å². The Morgan fingerprint density at radius 2 is 2.06 bits per heavy atom. The van der Waals surface area contributed by atoms with Crippen LogP contribution in [0.25, 0.3) is 10.9 Å². The molecule has 0 bridgehead atoms. The third kappa shape index (κ3) is 6.13. The van der Waals surface area contributed by atoms with Gasteiger partial charge in [0.25, 0.3) is 0 Å². The van der Waals surface area contributed by atoms with Gasteiger partial charge in [0, 0.05) is 12.2 Å². The van der Waals surface area contributed by atoms with E-state index in [2.05, 4.69) is 15.4 Å². The number of pyridine rings is 1. The van der Waals surface area contributed by atoms with E-state index >= 15 is 0 Å². The largest absolute Gasteiger partial charge is 0.490 e. The molecule has 0 spiro atoms. The fourth-order valence-electron chi connectivity index (χ4n) is 3.76. The fraction of sp³-hybridized carbons (Fsp3) is 0.440. The number of nitrogens with one attached hydrogen (secondary N) is 1. The number of hydrogen-bond donors (Lipinski definition) is 1. The highest BCUT2D eigenvalue weighted by Gasteiger charge is 2.22. The lowest BCUT2D eigenvalue weighted by molar-refractivity contribution is -0.0375. The SMILES string of the molecule is CC(C)(C)OC(=O)NCCOc1ccc(C(=O)c2ccc3c(c2)c(F)nn3C2CCCCO2)nc1. The number of halogens is 1. The second-order valence-corrected chi connectivity index (χ2v) is 9.27. The molecule has 1 aliphatic rings. The fourth-order valence-corrected chi connectivity index (χ4v) is 3.76. The molecular formula is C25H29FN4O5. The molecule has 3 heterocycles. The monoisotopic (exact) mass is 484 g/mol. The first kappa shape index (κ1) is 24.6. The molecule has 4 rings (SSSR count). The summed E-state index contributed by atoms with van der Waals surface area (Å²) in [5.74, 6) is -0.533. The molecule has 3 aromatic rings. The van der Waals surface area contributed by atoms with E-state index in [1.807, 2.05) is 0 Å². The third-order valence-electron chi connectivity index (χ3n) is 5.36. The van der Waals surface area contributed by atoms with Gasteiger partial charge in [0.05, 0.1) is 23.6 Å². The number of rotatable bonds is 7. The van der Waals surface area contributed by atoms with Crippen molar-refractivity contribution in [3.05, 3.63) is 53.7 Å². The van der Waals surface area contributed by atoms with Crippen molar-refractivity contribution in [1.29, 1.82) is 0 Å². The van der Waals surface area contributed by atoms with E-state index in [4.69, 9.17) is 14.2 Å². The first-order chi connectivity index (χ1) is 16.7. The zero-order chi connectivity index (χ0) is 25.0. The van der Waals surface area contributed by atoms with Crippen molar-refractivity contribution in [2.75, 3.05) is 19.8 Å². The van der Waals surface area contributed by atoms with Crippen LogP contribution in [-0.4, -0.2) is 52.0 Å². The molecule has 1 fully saturated rings. The lowest BCUT2D eigenvalue weighted by Gasteiger charge is -2.23. The van der Waals surface area contributed by atoms with Crippen LogP contribution in [0.15, 0.2) is 36.5 Å². The second-order valence-electron chi connectivity index (χ2n) is 9.27. The topological polar surface area (TPSA) is 105 Å². The third-order valence-corrected chi connectivity index (χ3v) is 5.36. The van der Waals surface area contributed by atoms with Gasteiger partial charge in [-0.3, -0.25) is 4.79 Å². The Morgan fingerprint density at radius 1 is 1.23 bits per heavy atom. The summed E-state index contributed by atoms with van der Waals surface area (Å²) in [5, 5.41) is 6.87. The van der Waals surface area contributed by atoms with Crippen LogP contribution in [0.4, 0.5) is 9.18 Å². The molecule has 1 aromatic carbocycles. The van der Waals surface area contributed by atoms with Crippen LogP contribution in [0.5, 0.6) is 5.75 Å². The Labute approximate surface area is 202 Å². The van der Waals surface area contributed by atoms with Gasteiger partial charge in [-0.05, 0) is 70.4 Å². The molecule has 2 aromatic heterocycles. The zero-order valence-electron chi connectivity index (χ0n) is 20.0. The van der Waals surface area contributed by atoms with Crippen LogP contribution in [0, 0.1) is 5.95 Å². The summed E-state index contributed by atoms with van der Waals surface area (Å²) in [6, 6.07) is 7.98. The summed E-state index contributed by atoms with van der Waals surface area (Å²) >= 11 is 0. The number of hydrogen-bond acceptors (Lipinski definition) is 7. The molecule has 0 aliphatic carbocycles. The number of ether oxygens (including phenoxy) is 3. The number of nitrogens with zero attached hydrogens (tertiary/aromatic N) is 3. The van der Waals surface area contributed by atoms with Gasteiger partial charge >= 0.3 is 6.09 Å². The highest BCUT2D eigenvalue weighted by atomic mass is 19.1. The first-order valence-electron chi connectivity index (χ1n) is 11.6. The number of alkyl carbamates (subject to hydrolysis) is 1. The highest BCUT2D eigenvalue weighted by Crippen LogP contribution is 2.28. The van der Waals surface area contributed by atoms with Crippen molar-refractivity contribution in [2.45, 2.75) is 51.9 Å². The summed E-state index contributed by atoms with van der Waals surface area (Å²) in [5.41, 5.74) is 0.524. The predicted octanol–water partition coefficient (Wildman–Crippen LogP) is 4.40. The van der Waals surface area contributed by atoms with Crippen LogP contribution < -0.4 is 10.1 Å². The molecule has 0 radical (unpaired) electrons. The van der Waals surface area contributed by atoms with Crippen molar-refractivity contribution in [2.24, 2.45) is 0 Å². The van der Waals surface area contributed by atoms with Gasteiger partial charge in [-0.1, -0.05) is 0 Å². The summed E-state index contributed by atoms with van der Waals surface area (Å²) < 4.78 is 32.6. The van der Waals surface area contributed by atoms with Crippen molar-refractivity contribution < 1.29 is 28.2 Å². The molecule has 1 atom stereocenters. The lowest BCUT2D eigenvalue weighted by Crippen LogP contribution is -2.34. The minimum absolute atomic E-state index is 0.201. The molecule has 1 aliphatic heterocycles. The second kappa shape index (κ2) is 10.4. The Bertz CT molecular complexity index is 1200. The molecule has 1 amide bonds. The van der Waals surface area contributed by atoms with E-state index < -0.39 is 17.6 Å². The van der Waals surface area contributed by atoms with E-state index in [1.165, 1.54) is 12.3 Å². The van der Waals surface area contributed by atoms with Crippen LogP contribution in [0.2, 0.25) is 0 Å². The summed E-state index contributed by atoms with van der Waals surface area (Å²) in [7, 11) is 0. The standard InChI is InChI=1S/C25H29FN4O5/c1-25(2,3)35-24(32)27-11-13-33-17-8-9-19(28-15-17)22(31)16-7-10-20-18(14-16)23(26)29-30(20)21-6-4-5-12-34-21/h7-10,14-15,21H,4-6,11-13H2,1-3H3,(H,27,32). The lowest BCUT2D eigenvalue weighted by atomic mass is 10.1. The number of carbonyl (C=O) groups excluding carboxylic acids is 2. The molecule has 10 heteroatoms. The van der Waals surface area contributed by atoms with Crippen LogP contribution in [-0.2, 0) is 9.47 Å². The van der Waals surface area contributed by atoms with Gasteiger partial charge < -0.3 is 19.5 Å². The molecule has 9 nitrogen and oxygen atoms in total. The van der Waals surface area contributed by atoms with Crippen molar-refractivity contribution in [1.82, 2.24) is 20.1 Å². The summed E-state index contributed by atoms with van der Waals surface area (Å²) in [6.45, 7) is 6.43. The quantitative estimate of drug-likeness (QED) is 0.391. The molecule has 1 saturated heterocycles. The molecule has 1 N–H and O–H groups in total. The Morgan fingerprint density at radius 3 is 2.74 bits per heavy atom. The number of fused-ring (bicyclic) bond motifs is 1. The van der Waals surface area contributed by atoms with Gasteiger partial charge in [0.1, 0.15) is 23.7 Å². The van der Waals surface area contributed by atoms with Gasteiger partial charge in [-0.15, -0.1) is 5.10 Å². The Balaban J connectivity index is 1.37. The zero-order valence-corrected chi connectivity index (χ0v) is 20.0. The number of benzene rings is 1. The number of carbonyl (C=O) groups is 2. The first-order valence-corrected chi connectivity index (χ1v) is 11.6. The van der Waals surface area contributed by atoms with Crippen LogP contribution in [0.3, 0.4) is 0 Å².